The van der Waals surface area contributed by atoms with Gasteiger partial charge < -0.3 is 15.4 Å². The van der Waals surface area contributed by atoms with E-state index in [2.05, 4.69) is 16.6 Å². The molecule has 3 aromatic rings. The van der Waals surface area contributed by atoms with Crippen LogP contribution in [0.15, 0.2) is 66.4 Å². The summed E-state index contributed by atoms with van der Waals surface area (Å²) in [5.41, 5.74) is 2.29. The van der Waals surface area contributed by atoms with E-state index in [-0.39, 0.29) is 12.3 Å². The van der Waals surface area contributed by atoms with E-state index in [1.165, 1.54) is 0 Å². The fourth-order valence-corrected chi connectivity index (χ4v) is 3.51. The maximum absolute atomic E-state index is 12.9. The number of benzene rings is 3. The topological polar surface area (TPSA) is 87.7 Å². The Morgan fingerprint density at radius 2 is 1.88 bits per heavy atom. The van der Waals surface area contributed by atoms with Gasteiger partial charge in [-0.25, -0.2) is 9.69 Å². The number of urea groups is 1. The molecule has 0 aliphatic carbocycles. The summed E-state index contributed by atoms with van der Waals surface area (Å²) in [7, 11) is 0. The molecule has 1 heterocycles. The van der Waals surface area contributed by atoms with Crippen molar-refractivity contribution in [2.45, 2.75) is 6.92 Å². The lowest BCUT2D eigenvalue weighted by Gasteiger charge is -2.12. The zero-order valence-corrected chi connectivity index (χ0v) is 17.9. The van der Waals surface area contributed by atoms with Crippen LogP contribution in [0, 0.1) is 19.3 Å². The van der Waals surface area contributed by atoms with Crippen molar-refractivity contribution in [1.29, 1.82) is 0 Å². The molecule has 164 valence electrons. The van der Waals surface area contributed by atoms with E-state index in [9.17, 15) is 14.4 Å². The van der Waals surface area contributed by atoms with E-state index in [0.717, 1.165) is 21.2 Å². The van der Waals surface area contributed by atoms with Gasteiger partial charge in [0.1, 0.15) is 24.6 Å². The number of aryl methyl sites for hydroxylation is 1. The lowest BCUT2D eigenvalue weighted by Crippen LogP contribution is -2.38. The molecule has 0 spiro atoms. The molecular formula is C26H21N3O4. The van der Waals surface area contributed by atoms with Gasteiger partial charge in [0.05, 0.1) is 0 Å². The molecule has 0 bridgehead atoms. The number of nitrogens with one attached hydrogen (secondary N) is 2. The molecule has 2 N–H and O–H groups in total. The van der Waals surface area contributed by atoms with Crippen molar-refractivity contribution in [2.24, 2.45) is 0 Å². The number of hydrogen-bond acceptors (Lipinski definition) is 4. The normalized spacial score (nSPS) is 14.3. The first-order chi connectivity index (χ1) is 16.0. The van der Waals surface area contributed by atoms with E-state index >= 15 is 0 Å². The van der Waals surface area contributed by atoms with Crippen molar-refractivity contribution < 1.29 is 19.1 Å². The fourth-order valence-electron chi connectivity index (χ4n) is 3.51. The maximum Gasteiger partial charge on any atom is 0.329 e. The molecule has 33 heavy (non-hydrogen) atoms. The molecule has 0 saturated carbocycles. The number of ether oxygens (including phenoxy) is 1. The molecule has 1 aliphatic rings. The minimum Gasteiger partial charge on any atom is -0.480 e. The Balaban J connectivity index is 1.59. The first-order valence-corrected chi connectivity index (χ1v) is 10.3. The highest BCUT2D eigenvalue weighted by Crippen LogP contribution is 2.31. The second-order valence-corrected chi connectivity index (χ2v) is 7.48. The zero-order chi connectivity index (χ0) is 23.4. The fraction of sp³-hybridized carbons (Fsp3) is 0.115. The van der Waals surface area contributed by atoms with Crippen LogP contribution in [0.1, 0.15) is 11.1 Å². The number of carbonyl (C=O) groups excluding carboxylic acids is 3. The third-order valence-corrected chi connectivity index (χ3v) is 5.13. The Bertz CT molecular complexity index is 1320. The molecule has 1 fully saturated rings. The predicted molar refractivity (Wildman–Crippen MR) is 126 cm³/mol. The Morgan fingerprint density at radius 3 is 2.64 bits per heavy atom. The van der Waals surface area contributed by atoms with Gasteiger partial charge in [0.25, 0.3) is 5.91 Å². The minimum absolute atomic E-state index is 0.0463. The van der Waals surface area contributed by atoms with E-state index in [1.54, 1.807) is 24.3 Å². The van der Waals surface area contributed by atoms with Gasteiger partial charge in [-0.1, -0.05) is 53.9 Å². The number of hydrogen-bond donors (Lipinski definition) is 2. The average Bonchev–Trinajstić information content (AvgIpc) is 3.07. The second kappa shape index (κ2) is 9.28. The van der Waals surface area contributed by atoms with E-state index < -0.39 is 24.4 Å². The highest BCUT2D eigenvalue weighted by Gasteiger charge is 2.35. The zero-order valence-electron chi connectivity index (χ0n) is 17.9. The van der Waals surface area contributed by atoms with Crippen LogP contribution in [0.25, 0.3) is 16.8 Å². The summed E-state index contributed by atoms with van der Waals surface area (Å²) >= 11 is 0. The van der Waals surface area contributed by atoms with E-state index in [0.29, 0.717) is 17.0 Å². The van der Waals surface area contributed by atoms with Gasteiger partial charge in [0, 0.05) is 11.3 Å². The van der Waals surface area contributed by atoms with Crippen LogP contribution in [0.4, 0.5) is 10.5 Å². The summed E-state index contributed by atoms with van der Waals surface area (Å²) in [6, 6.07) is 17.8. The van der Waals surface area contributed by atoms with Gasteiger partial charge >= 0.3 is 6.03 Å². The van der Waals surface area contributed by atoms with Gasteiger partial charge in [-0.05, 0) is 42.0 Å². The molecule has 0 unspecified atom stereocenters. The van der Waals surface area contributed by atoms with Crippen molar-refractivity contribution in [3.05, 3.63) is 77.5 Å². The quantitative estimate of drug-likeness (QED) is 0.348. The largest absolute Gasteiger partial charge is 0.480 e. The van der Waals surface area contributed by atoms with Crippen LogP contribution >= 0.6 is 0 Å². The molecule has 1 aliphatic heterocycles. The van der Waals surface area contributed by atoms with Gasteiger partial charge in [-0.2, -0.15) is 0 Å². The van der Waals surface area contributed by atoms with Gasteiger partial charge in [-0.3, -0.25) is 9.59 Å². The Labute approximate surface area is 191 Å². The Morgan fingerprint density at radius 1 is 1.12 bits per heavy atom. The van der Waals surface area contributed by atoms with Gasteiger partial charge in [-0.15, -0.1) is 6.42 Å². The van der Waals surface area contributed by atoms with Crippen LogP contribution in [0.3, 0.4) is 0 Å². The minimum atomic E-state index is -0.670. The third-order valence-electron chi connectivity index (χ3n) is 5.13. The number of amides is 4. The summed E-state index contributed by atoms with van der Waals surface area (Å²) in [5.74, 6) is 1.82. The van der Waals surface area contributed by atoms with Crippen molar-refractivity contribution in [3.8, 4) is 18.1 Å². The second-order valence-electron chi connectivity index (χ2n) is 7.48. The molecule has 7 nitrogen and oxygen atoms in total. The smallest absolute Gasteiger partial charge is 0.329 e. The van der Waals surface area contributed by atoms with Crippen LogP contribution in [-0.2, 0) is 9.59 Å². The number of nitrogens with zero attached hydrogens (tertiary/aromatic N) is 1. The van der Waals surface area contributed by atoms with Gasteiger partial charge in [0.2, 0.25) is 5.91 Å². The molecule has 3 aromatic carbocycles. The first-order valence-electron chi connectivity index (χ1n) is 10.3. The molecule has 4 rings (SSSR count). The number of carbonyl (C=O) groups is 3. The third kappa shape index (κ3) is 4.70. The standard InChI is InChI=1S/C26H21N3O4/c1-3-14-33-23-13-10-18-6-4-5-7-20(18)21(23)15-22-25(31)29(26(32)28-22)16-24(30)27-19-11-8-17(2)9-12-19/h1,4-13,15H,14,16H2,2H3,(H,27,30)(H,28,32)/b22-15+. The number of rotatable bonds is 6. The van der Waals surface area contributed by atoms with E-state index in [1.807, 2.05) is 49.4 Å². The van der Waals surface area contributed by atoms with Crippen molar-refractivity contribution in [3.63, 3.8) is 0 Å². The lowest BCUT2D eigenvalue weighted by molar-refractivity contribution is -0.127. The van der Waals surface area contributed by atoms with Crippen molar-refractivity contribution >= 4 is 40.4 Å². The molecular weight excluding hydrogens is 418 g/mol. The van der Waals surface area contributed by atoms with Crippen LogP contribution < -0.4 is 15.4 Å². The summed E-state index contributed by atoms with van der Waals surface area (Å²) < 4.78 is 5.65. The van der Waals surface area contributed by atoms with Crippen molar-refractivity contribution in [2.75, 3.05) is 18.5 Å². The molecule has 1 saturated heterocycles. The molecule has 0 atom stereocenters. The summed E-state index contributed by atoms with van der Waals surface area (Å²) in [5, 5.41) is 7.00. The van der Waals surface area contributed by atoms with Crippen LogP contribution in [0.2, 0.25) is 0 Å². The highest BCUT2D eigenvalue weighted by molar-refractivity contribution is 6.16. The molecule has 4 amide bonds. The highest BCUT2D eigenvalue weighted by atomic mass is 16.5. The Kier molecular flexibility index (Phi) is 6.09. The monoisotopic (exact) mass is 439 g/mol. The number of fused-ring (bicyclic) bond motifs is 1. The summed E-state index contributed by atoms with van der Waals surface area (Å²) in [6.45, 7) is 1.58. The Hall–Kier alpha value is -4.57. The van der Waals surface area contributed by atoms with Crippen LogP contribution in [0.5, 0.6) is 5.75 Å². The van der Waals surface area contributed by atoms with Gasteiger partial charge in [0.15, 0.2) is 0 Å². The first kappa shape index (κ1) is 21.7. The molecule has 0 aromatic heterocycles. The summed E-state index contributed by atoms with van der Waals surface area (Å²) in [6.07, 6.45) is 6.87. The van der Waals surface area contributed by atoms with Crippen molar-refractivity contribution in [1.82, 2.24) is 10.2 Å². The predicted octanol–water partition coefficient (Wildman–Crippen LogP) is 3.69. The number of imide groups is 1. The molecule has 7 heteroatoms. The average molecular weight is 439 g/mol. The SMILES string of the molecule is C#CCOc1ccc2ccccc2c1/C=C1/NC(=O)N(CC(=O)Nc2ccc(C)cc2)C1=O. The number of terminal acetylenes is 1. The molecule has 0 radical (unpaired) electrons. The van der Waals surface area contributed by atoms with E-state index in [4.69, 9.17) is 11.2 Å². The number of anilines is 1. The summed E-state index contributed by atoms with van der Waals surface area (Å²) in [4.78, 5) is 38.7. The maximum atomic E-state index is 12.9. The lowest BCUT2D eigenvalue weighted by atomic mass is 10.0. The van der Waals surface area contributed by atoms with Crippen LogP contribution in [-0.4, -0.2) is 35.9 Å².